The van der Waals surface area contributed by atoms with Gasteiger partial charge in [0.1, 0.15) is 0 Å². The Morgan fingerprint density at radius 3 is 2.18 bits per heavy atom. The fourth-order valence-electron chi connectivity index (χ4n) is 2.04. The van der Waals surface area contributed by atoms with Gasteiger partial charge in [-0.05, 0) is 25.7 Å². The zero-order valence-corrected chi connectivity index (χ0v) is 11.6. The molecule has 1 N–H and O–H groups in total. The number of hydrogen-bond acceptors (Lipinski definition) is 3. The van der Waals surface area contributed by atoms with Crippen LogP contribution in [-0.4, -0.2) is 31.9 Å². The van der Waals surface area contributed by atoms with Gasteiger partial charge in [-0.2, -0.15) is 12.7 Å². The number of nitrogens with one attached hydrogen (secondary N) is 1. The standard InChI is InChI=1S/C11H24N2O3S/c1-3-9-13(10-4-2)17(14,15)12-16-11-7-5-6-8-11/h11-12H,3-10H2,1-2H3. The summed E-state index contributed by atoms with van der Waals surface area (Å²) in [5.74, 6) is 0. The first-order valence-electron chi connectivity index (χ1n) is 6.52. The lowest BCUT2D eigenvalue weighted by molar-refractivity contribution is 0.0190. The van der Waals surface area contributed by atoms with Gasteiger partial charge < -0.3 is 0 Å². The Morgan fingerprint density at radius 2 is 1.71 bits per heavy atom. The molecule has 6 heteroatoms. The fourth-order valence-corrected chi connectivity index (χ4v) is 3.25. The molecule has 0 saturated heterocycles. The summed E-state index contributed by atoms with van der Waals surface area (Å²) < 4.78 is 25.4. The number of nitrogens with zero attached hydrogens (tertiary/aromatic N) is 1. The third-order valence-corrected chi connectivity index (χ3v) is 4.26. The van der Waals surface area contributed by atoms with E-state index in [2.05, 4.69) is 4.89 Å². The summed E-state index contributed by atoms with van der Waals surface area (Å²) in [5, 5.41) is 0. The van der Waals surface area contributed by atoms with E-state index in [-0.39, 0.29) is 6.10 Å². The summed E-state index contributed by atoms with van der Waals surface area (Å²) in [6, 6.07) is 0. The molecular formula is C11H24N2O3S. The molecule has 0 aromatic carbocycles. The van der Waals surface area contributed by atoms with Crippen LogP contribution in [-0.2, 0) is 15.0 Å². The van der Waals surface area contributed by atoms with E-state index < -0.39 is 10.2 Å². The highest BCUT2D eigenvalue weighted by Gasteiger charge is 2.23. The van der Waals surface area contributed by atoms with E-state index in [4.69, 9.17) is 4.84 Å². The Balaban J connectivity index is 2.45. The minimum atomic E-state index is -3.47. The van der Waals surface area contributed by atoms with Gasteiger partial charge in [0, 0.05) is 13.1 Å². The van der Waals surface area contributed by atoms with Crippen LogP contribution in [0.25, 0.3) is 0 Å². The molecule has 0 unspecified atom stereocenters. The second-order valence-electron chi connectivity index (χ2n) is 4.51. The van der Waals surface area contributed by atoms with Crippen LogP contribution in [0.3, 0.4) is 0 Å². The van der Waals surface area contributed by atoms with Crippen molar-refractivity contribution in [1.82, 2.24) is 9.19 Å². The van der Waals surface area contributed by atoms with Crippen LogP contribution in [0, 0.1) is 0 Å². The molecule has 0 spiro atoms. The fraction of sp³-hybridized carbons (Fsp3) is 1.00. The van der Waals surface area contributed by atoms with E-state index >= 15 is 0 Å². The molecule has 0 bridgehead atoms. The molecule has 1 aliphatic rings. The van der Waals surface area contributed by atoms with E-state index in [1.165, 1.54) is 4.31 Å². The molecule has 0 atom stereocenters. The van der Waals surface area contributed by atoms with Crippen LogP contribution in [0.4, 0.5) is 0 Å². The Hall–Kier alpha value is -0.170. The van der Waals surface area contributed by atoms with Crippen molar-refractivity contribution < 1.29 is 13.3 Å². The maximum Gasteiger partial charge on any atom is 0.301 e. The molecule has 17 heavy (non-hydrogen) atoms. The minimum absolute atomic E-state index is 0.0508. The average Bonchev–Trinajstić information content (AvgIpc) is 2.79. The van der Waals surface area contributed by atoms with Crippen molar-refractivity contribution in [3.63, 3.8) is 0 Å². The predicted molar refractivity (Wildman–Crippen MR) is 67.6 cm³/mol. The molecule has 0 aliphatic heterocycles. The smallest absolute Gasteiger partial charge is 0.283 e. The molecule has 1 rings (SSSR count). The SMILES string of the molecule is CCCN(CCC)S(=O)(=O)NOC1CCCC1. The lowest BCUT2D eigenvalue weighted by atomic mass is 10.3. The third kappa shape index (κ3) is 4.91. The second kappa shape index (κ2) is 7.31. The summed E-state index contributed by atoms with van der Waals surface area (Å²) in [7, 11) is -3.47. The van der Waals surface area contributed by atoms with E-state index in [1.807, 2.05) is 13.8 Å². The molecule has 1 saturated carbocycles. The van der Waals surface area contributed by atoms with Crippen LogP contribution in [0.5, 0.6) is 0 Å². The van der Waals surface area contributed by atoms with E-state index in [9.17, 15) is 8.42 Å². The number of hydrogen-bond donors (Lipinski definition) is 1. The molecule has 1 fully saturated rings. The monoisotopic (exact) mass is 264 g/mol. The molecule has 5 nitrogen and oxygen atoms in total. The molecule has 0 aromatic rings. The van der Waals surface area contributed by atoms with Gasteiger partial charge in [0.05, 0.1) is 6.10 Å². The summed E-state index contributed by atoms with van der Waals surface area (Å²) in [6.45, 7) is 5.01. The van der Waals surface area contributed by atoms with Crippen molar-refractivity contribution >= 4 is 10.2 Å². The Labute approximate surface area is 105 Å². The average molecular weight is 264 g/mol. The molecular weight excluding hydrogens is 240 g/mol. The van der Waals surface area contributed by atoms with Crippen molar-refractivity contribution in [2.45, 2.75) is 58.5 Å². The lowest BCUT2D eigenvalue weighted by Gasteiger charge is -2.22. The topological polar surface area (TPSA) is 58.6 Å². The Kier molecular flexibility index (Phi) is 6.40. The van der Waals surface area contributed by atoms with Gasteiger partial charge in [0.25, 0.3) is 0 Å². The Bertz CT molecular complexity index is 294. The van der Waals surface area contributed by atoms with Crippen LogP contribution in [0.2, 0.25) is 0 Å². The maximum atomic E-state index is 12.0. The first-order chi connectivity index (χ1) is 8.10. The second-order valence-corrected chi connectivity index (χ2v) is 6.14. The highest BCUT2D eigenvalue weighted by Crippen LogP contribution is 2.20. The van der Waals surface area contributed by atoms with Crippen LogP contribution >= 0.6 is 0 Å². The summed E-state index contributed by atoms with van der Waals surface area (Å²) >= 11 is 0. The molecule has 102 valence electrons. The highest BCUT2D eigenvalue weighted by atomic mass is 32.2. The predicted octanol–water partition coefficient (Wildman–Crippen LogP) is 1.82. The zero-order valence-electron chi connectivity index (χ0n) is 10.8. The molecule has 0 amide bonds. The normalized spacial score (nSPS) is 18.1. The van der Waals surface area contributed by atoms with Gasteiger partial charge in [0.15, 0.2) is 0 Å². The maximum absolute atomic E-state index is 12.0. The largest absolute Gasteiger partial charge is 0.301 e. The van der Waals surface area contributed by atoms with Gasteiger partial charge >= 0.3 is 10.2 Å². The summed E-state index contributed by atoms with van der Waals surface area (Å²) in [6.07, 6.45) is 5.82. The van der Waals surface area contributed by atoms with Gasteiger partial charge in [-0.15, -0.1) is 0 Å². The van der Waals surface area contributed by atoms with Crippen LogP contribution < -0.4 is 4.89 Å². The molecule has 1 aliphatic carbocycles. The summed E-state index contributed by atoms with van der Waals surface area (Å²) in [5.41, 5.74) is 0. The van der Waals surface area contributed by atoms with Crippen LogP contribution in [0.15, 0.2) is 0 Å². The molecule has 0 heterocycles. The molecule has 0 aromatic heterocycles. The first kappa shape index (κ1) is 14.9. The van der Waals surface area contributed by atoms with Gasteiger partial charge in [-0.1, -0.05) is 31.6 Å². The van der Waals surface area contributed by atoms with Gasteiger partial charge in [0.2, 0.25) is 0 Å². The van der Waals surface area contributed by atoms with E-state index in [0.29, 0.717) is 13.1 Å². The third-order valence-electron chi connectivity index (χ3n) is 2.91. The lowest BCUT2D eigenvalue weighted by Crippen LogP contribution is -2.42. The minimum Gasteiger partial charge on any atom is -0.283 e. The van der Waals surface area contributed by atoms with Gasteiger partial charge in [-0.3, -0.25) is 4.84 Å². The van der Waals surface area contributed by atoms with Crippen molar-refractivity contribution in [2.75, 3.05) is 13.1 Å². The first-order valence-corrected chi connectivity index (χ1v) is 7.96. The molecule has 0 radical (unpaired) electrons. The quantitative estimate of drug-likeness (QED) is 0.680. The van der Waals surface area contributed by atoms with Gasteiger partial charge in [-0.25, -0.2) is 0 Å². The zero-order chi connectivity index (χ0) is 12.7. The highest BCUT2D eigenvalue weighted by molar-refractivity contribution is 7.87. The van der Waals surface area contributed by atoms with Crippen molar-refractivity contribution in [3.8, 4) is 0 Å². The van der Waals surface area contributed by atoms with E-state index in [1.54, 1.807) is 0 Å². The Morgan fingerprint density at radius 1 is 1.18 bits per heavy atom. The van der Waals surface area contributed by atoms with Crippen LogP contribution in [0.1, 0.15) is 52.4 Å². The van der Waals surface area contributed by atoms with E-state index in [0.717, 1.165) is 38.5 Å². The van der Waals surface area contributed by atoms with Crippen molar-refractivity contribution in [1.29, 1.82) is 0 Å². The van der Waals surface area contributed by atoms with Crippen molar-refractivity contribution in [3.05, 3.63) is 0 Å². The summed E-state index contributed by atoms with van der Waals surface area (Å²) in [4.78, 5) is 7.53. The number of rotatable bonds is 8. The van der Waals surface area contributed by atoms with Crippen molar-refractivity contribution in [2.24, 2.45) is 0 Å².